The zero-order valence-corrected chi connectivity index (χ0v) is 10.9. The lowest BCUT2D eigenvalue weighted by molar-refractivity contribution is 0.246. The minimum atomic E-state index is -0.184. The van der Waals surface area contributed by atoms with Crippen molar-refractivity contribution in [2.45, 2.75) is 32.1 Å². The molecule has 0 amide bonds. The predicted molar refractivity (Wildman–Crippen MR) is 70.0 cm³/mol. The van der Waals surface area contributed by atoms with E-state index in [1.165, 1.54) is 12.5 Å². The lowest BCUT2D eigenvalue weighted by atomic mass is 9.70. The normalized spacial score (nSPS) is 23.5. The molecular formula is C14H19ClFN. The average molecular weight is 256 g/mol. The molecule has 1 aliphatic rings. The summed E-state index contributed by atoms with van der Waals surface area (Å²) in [6, 6.07) is 4.69. The molecule has 0 saturated heterocycles. The first-order valence-electron chi connectivity index (χ1n) is 6.38. The van der Waals surface area contributed by atoms with E-state index < -0.39 is 0 Å². The largest absolute Gasteiger partial charge is 0.316 e. The number of benzene rings is 1. The van der Waals surface area contributed by atoms with Gasteiger partial charge in [-0.1, -0.05) is 18.5 Å². The molecule has 1 saturated carbocycles. The molecule has 94 valence electrons. The molecule has 2 atom stereocenters. The predicted octanol–water partition coefficient (Wildman–Crippen LogP) is 3.97. The van der Waals surface area contributed by atoms with Crippen LogP contribution in [-0.4, -0.2) is 13.1 Å². The van der Waals surface area contributed by atoms with Crippen molar-refractivity contribution in [3.8, 4) is 0 Å². The molecule has 2 rings (SSSR count). The molecule has 1 aliphatic carbocycles. The van der Waals surface area contributed by atoms with Gasteiger partial charge in [0.1, 0.15) is 5.82 Å². The van der Waals surface area contributed by atoms with Crippen LogP contribution in [0.25, 0.3) is 0 Å². The number of nitrogens with one attached hydrogen (secondary N) is 1. The van der Waals surface area contributed by atoms with Gasteiger partial charge in [0, 0.05) is 5.02 Å². The van der Waals surface area contributed by atoms with E-state index in [9.17, 15) is 4.39 Å². The Morgan fingerprint density at radius 3 is 2.88 bits per heavy atom. The van der Waals surface area contributed by atoms with Crippen LogP contribution >= 0.6 is 11.6 Å². The van der Waals surface area contributed by atoms with Crippen molar-refractivity contribution in [3.05, 3.63) is 34.6 Å². The summed E-state index contributed by atoms with van der Waals surface area (Å²) in [4.78, 5) is 0. The minimum Gasteiger partial charge on any atom is -0.316 e. The Morgan fingerprint density at radius 2 is 2.24 bits per heavy atom. The third kappa shape index (κ3) is 2.99. The maximum absolute atomic E-state index is 13.2. The molecule has 3 heteroatoms. The Bertz CT molecular complexity index is 380. The van der Waals surface area contributed by atoms with E-state index in [0.29, 0.717) is 16.9 Å². The Morgan fingerprint density at radius 1 is 1.41 bits per heavy atom. The van der Waals surface area contributed by atoms with Crippen molar-refractivity contribution in [1.82, 2.24) is 5.32 Å². The molecule has 1 fully saturated rings. The summed E-state index contributed by atoms with van der Waals surface area (Å²) in [6.45, 7) is 4.24. The maximum Gasteiger partial charge on any atom is 0.123 e. The first kappa shape index (κ1) is 12.8. The summed E-state index contributed by atoms with van der Waals surface area (Å²) >= 11 is 6.14. The molecular weight excluding hydrogens is 237 g/mol. The van der Waals surface area contributed by atoms with E-state index in [4.69, 9.17) is 11.6 Å². The van der Waals surface area contributed by atoms with Gasteiger partial charge < -0.3 is 5.32 Å². The van der Waals surface area contributed by atoms with Crippen molar-refractivity contribution < 1.29 is 4.39 Å². The molecule has 0 aliphatic heterocycles. The van der Waals surface area contributed by atoms with Gasteiger partial charge in [-0.05, 0) is 68.0 Å². The topological polar surface area (TPSA) is 12.0 Å². The number of halogens is 2. The number of rotatable bonds is 5. The van der Waals surface area contributed by atoms with E-state index >= 15 is 0 Å². The fourth-order valence-corrected chi connectivity index (χ4v) is 2.74. The highest BCUT2D eigenvalue weighted by Gasteiger charge is 2.33. The minimum absolute atomic E-state index is 0.184. The molecule has 1 N–H and O–H groups in total. The van der Waals surface area contributed by atoms with Gasteiger partial charge in [0.2, 0.25) is 0 Å². The molecule has 2 unspecified atom stereocenters. The summed E-state index contributed by atoms with van der Waals surface area (Å²) in [5.41, 5.74) is 0.987. The van der Waals surface area contributed by atoms with Crippen molar-refractivity contribution in [3.63, 3.8) is 0 Å². The van der Waals surface area contributed by atoms with Gasteiger partial charge in [-0.2, -0.15) is 0 Å². The van der Waals surface area contributed by atoms with Gasteiger partial charge in [0.25, 0.3) is 0 Å². The second kappa shape index (κ2) is 5.83. The zero-order chi connectivity index (χ0) is 12.3. The SMILES string of the molecule is CCCNCC1CCC1c1cc(F)ccc1Cl. The average Bonchev–Trinajstić information content (AvgIpc) is 2.28. The lowest BCUT2D eigenvalue weighted by Gasteiger charge is -2.37. The van der Waals surface area contributed by atoms with Gasteiger partial charge in [0.05, 0.1) is 0 Å². The Kier molecular flexibility index (Phi) is 4.41. The maximum atomic E-state index is 13.2. The van der Waals surface area contributed by atoms with Gasteiger partial charge in [-0.15, -0.1) is 0 Å². The highest BCUT2D eigenvalue weighted by atomic mass is 35.5. The standard InChI is InChI=1S/C14H19ClFN/c1-2-7-17-9-10-3-5-12(10)13-8-11(16)4-6-14(13)15/h4,6,8,10,12,17H,2-3,5,7,9H2,1H3. The van der Waals surface area contributed by atoms with Gasteiger partial charge in [-0.3, -0.25) is 0 Å². The van der Waals surface area contributed by atoms with Crippen LogP contribution in [-0.2, 0) is 0 Å². The van der Waals surface area contributed by atoms with Crippen LogP contribution in [0, 0.1) is 11.7 Å². The molecule has 0 spiro atoms. The monoisotopic (exact) mass is 255 g/mol. The van der Waals surface area contributed by atoms with Crippen LogP contribution in [0.2, 0.25) is 5.02 Å². The van der Waals surface area contributed by atoms with Gasteiger partial charge in [-0.25, -0.2) is 4.39 Å². The summed E-state index contributed by atoms with van der Waals surface area (Å²) in [5.74, 6) is 0.861. The Labute approximate surface area is 107 Å². The highest BCUT2D eigenvalue weighted by Crippen LogP contribution is 2.44. The first-order chi connectivity index (χ1) is 8.22. The van der Waals surface area contributed by atoms with Gasteiger partial charge in [0.15, 0.2) is 0 Å². The number of hydrogen-bond acceptors (Lipinski definition) is 1. The van der Waals surface area contributed by atoms with Crippen molar-refractivity contribution >= 4 is 11.6 Å². The fraction of sp³-hybridized carbons (Fsp3) is 0.571. The number of hydrogen-bond donors (Lipinski definition) is 1. The van der Waals surface area contributed by atoms with E-state index in [1.807, 2.05) is 0 Å². The van der Waals surface area contributed by atoms with Crippen LogP contribution in [0.4, 0.5) is 4.39 Å². The molecule has 1 nitrogen and oxygen atoms in total. The second-order valence-corrected chi connectivity index (χ2v) is 5.22. The Hall–Kier alpha value is -0.600. The molecule has 1 aromatic carbocycles. The van der Waals surface area contributed by atoms with Crippen molar-refractivity contribution in [2.24, 2.45) is 5.92 Å². The van der Waals surface area contributed by atoms with E-state index in [2.05, 4.69) is 12.2 Å². The van der Waals surface area contributed by atoms with Crippen LogP contribution in [0.15, 0.2) is 18.2 Å². The van der Waals surface area contributed by atoms with Crippen LogP contribution < -0.4 is 5.32 Å². The molecule has 0 heterocycles. The van der Waals surface area contributed by atoms with Crippen LogP contribution in [0.5, 0.6) is 0 Å². The molecule has 1 aromatic rings. The molecule has 0 aromatic heterocycles. The molecule has 17 heavy (non-hydrogen) atoms. The third-order valence-corrected chi connectivity index (χ3v) is 3.95. The summed E-state index contributed by atoms with van der Waals surface area (Å²) in [6.07, 6.45) is 3.49. The quantitative estimate of drug-likeness (QED) is 0.785. The van der Waals surface area contributed by atoms with Crippen molar-refractivity contribution in [2.75, 3.05) is 13.1 Å². The summed E-state index contributed by atoms with van der Waals surface area (Å²) in [7, 11) is 0. The zero-order valence-electron chi connectivity index (χ0n) is 10.2. The first-order valence-corrected chi connectivity index (χ1v) is 6.75. The van der Waals surface area contributed by atoms with Crippen LogP contribution in [0.1, 0.15) is 37.7 Å². The van der Waals surface area contributed by atoms with Gasteiger partial charge >= 0.3 is 0 Å². The van der Waals surface area contributed by atoms with E-state index in [-0.39, 0.29) is 5.82 Å². The summed E-state index contributed by atoms with van der Waals surface area (Å²) < 4.78 is 13.2. The van der Waals surface area contributed by atoms with Crippen molar-refractivity contribution in [1.29, 1.82) is 0 Å². The lowest BCUT2D eigenvalue weighted by Crippen LogP contribution is -2.34. The van der Waals surface area contributed by atoms with E-state index in [1.54, 1.807) is 12.1 Å². The summed E-state index contributed by atoms with van der Waals surface area (Å²) in [5, 5.41) is 4.14. The highest BCUT2D eigenvalue weighted by molar-refractivity contribution is 6.31. The van der Waals surface area contributed by atoms with E-state index in [0.717, 1.165) is 31.5 Å². The Balaban J connectivity index is 1.99. The second-order valence-electron chi connectivity index (χ2n) is 4.81. The third-order valence-electron chi connectivity index (χ3n) is 3.61. The van der Waals surface area contributed by atoms with Crippen LogP contribution in [0.3, 0.4) is 0 Å². The molecule has 0 radical (unpaired) electrons. The fourth-order valence-electron chi connectivity index (χ4n) is 2.49. The smallest absolute Gasteiger partial charge is 0.123 e. The molecule has 0 bridgehead atoms.